The molecule has 0 aliphatic carbocycles. The Hall–Kier alpha value is -2.35. The summed E-state index contributed by atoms with van der Waals surface area (Å²) in [6.45, 7) is 7.61. The molecular formula is C24H36HfO6+4. The van der Waals surface area contributed by atoms with Crippen molar-refractivity contribution in [2.75, 3.05) is 13.2 Å². The average molecular weight is 599 g/mol. The molecule has 168 valence electrons. The smallest absolute Gasteiger partial charge is 0.247 e. The zero-order chi connectivity index (χ0) is 23.4. The van der Waals surface area contributed by atoms with Gasteiger partial charge in [-0.15, -0.1) is 24.3 Å². The van der Waals surface area contributed by atoms with Crippen molar-refractivity contribution in [2.24, 2.45) is 0 Å². The zero-order valence-corrected chi connectivity index (χ0v) is 22.2. The Morgan fingerprint density at radius 3 is 1.06 bits per heavy atom. The summed E-state index contributed by atoms with van der Waals surface area (Å²) < 4.78 is 0. The van der Waals surface area contributed by atoms with Gasteiger partial charge in [-0.25, -0.2) is 0 Å². The van der Waals surface area contributed by atoms with Gasteiger partial charge in [0.15, 0.2) is 0 Å². The van der Waals surface area contributed by atoms with Crippen LogP contribution in [0.2, 0.25) is 0 Å². The van der Waals surface area contributed by atoms with Crippen molar-refractivity contribution in [3.63, 3.8) is 0 Å². The largest absolute Gasteiger partial charge is 0.446 e. The maximum Gasteiger partial charge on any atom is 0.247 e. The van der Waals surface area contributed by atoms with Crippen molar-refractivity contribution in [1.29, 1.82) is 0 Å². The van der Waals surface area contributed by atoms with Gasteiger partial charge < -0.3 is 19.8 Å². The molecule has 0 spiro atoms. The van der Waals surface area contributed by atoms with Crippen LogP contribution in [-0.4, -0.2) is 65.7 Å². The molecule has 2 aromatic carbocycles. The number of ketones is 4. The molecule has 0 amide bonds. The van der Waals surface area contributed by atoms with Gasteiger partial charge >= 0.3 is 0 Å². The fraction of sp³-hybridized carbons (Fsp3) is 0.250. The molecule has 0 aliphatic heterocycles. The molecule has 7 heteroatoms. The summed E-state index contributed by atoms with van der Waals surface area (Å²) in [6.07, 6.45) is 2.63. The molecule has 0 aromatic heterocycles. The topological polar surface area (TPSA) is 131 Å². The normalized spacial score (nSPS) is 8.19. The minimum absolute atomic E-state index is 0. The summed E-state index contributed by atoms with van der Waals surface area (Å²) in [5, 5.41) is 12.4. The van der Waals surface area contributed by atoms with Gasteiger partial charge in [-0.2, -0.15) is 0 Å². The third-order valence-electron chi connectivity index (χ3n) is 2.83. The van der Waals surface area contributed by atoms with Crippen molar-refractivity contribution in [3.8, 4) is 0 Å². The molecule has 0 saturated carbocycles. The number of hydrogen-bond donors (Lipinski definition) is 0. The Kier molecular flexibility index (Phi) is 24.0. The molecule has 0 unspecified atom stereocenters. The van der Waals surface area contributed by atoms with Gasteiger partial charge in [-0.1, -0.05) is 47.5 Å². The SMILES string of the molecule is CC(=[OH+])[CH-]C(=[OH+])c1ccccc1.CC(=[OH+])[CH-]C(=[OH+])c1ccccc1.CC[OH2+].CC[OH2+].[Hf]. The average Bonchev–Trinajstić information content (AvgIpc) is 2.70. The van der Waals surface area contributed by atoms with E-state index >= 15 is 0 Å². The van der Waals surface area contributed by atoms with E-state index in [4.69, 9.17) is 19.8 Å². The third kappa shape index (κ3) is 20.7. The van der Waals surface area contributed by atoms with E-state index in [1.807, 2.05) is 36.4 Å². The predicted octanol–water partition coefficient (Wildman–Crippen LogP) is 2.16. The van der Waals surface area contributed by atoms with E-state index in [2.05, 4.69) is 0 Å². The van der Waals surface area contributed by atoms with Gasteiger partial charge in [0.25, 0.3) is 0 Å². The van der Waals surface area contributed by atoms with Gasteiger partial charge in [-0.3, -0.25) is 9.59 Å². The molecule has 6 nitrogen and oxygen atoms in total. The van der Waals surface area contributed by atoms with Crippen molar-refractivity contribution in [2.45, 2.75) is 27.7 Å². The molecule has 2 aromatic rings. The van der Waals surface area contributed by atoms with Crippen LogP contribution in [0.4, 0.5) is 0 Å². The first-order valence-electron chi connectivity index (χ1n) is 9.49. The van der Waals surface area contributed by atoms with Crippen LogP contribution in [0.1, 0.15) is 38.8 Å². The predicted molar refractivity (Wildman–Crippen MR) is 127 cm³/mol. The molecule has 0 bridgehead atoms. The summed E-state index contributed by atoms with van der Waals surface area (Å²) in [6, 6.07) is 18.1. The van der Waals surface area contributed by atoms with Crippen LogP contribution < -0.4 is 0 Å². The quantitative estimate of drug-likeness (QED) is 0.159. The Morgan fingerprint density at radius 2 is 0.871 bits per heavy atom. The molecule has 0 radical (unpaired) electrons. The van der Waals surface area contributed by atoms with E-state index < -0.39 is 0 Å². The molecule has 0 atom stereocenters. The van der Waals surface area contributed by atoms with Crippen LogP contribution in [0.3, 0.4) is 0 Å². The number of benzene rings is 2. The maximum atomic E-state index is 9.37. The Labute approximate surface area is 203 Å². The minimum atomic E-state index is 0. The van der Waals surface area contributed by atoms with Crippen molar-refractivity contribution < 1.29 is 55.2 Å². The fourth-order valence-electron chi connectivity index (χ4n) is 1.78. The maximum absolute atomic E-state index is 9.37. The second-order valence-electron chi connectivity index (χ2n) is 5.78. The van der Waals surface area contributed by atoms with E-state index in [9.17, 15) is 9.59 Å². The van der Waals surface area contributed by atoms with Crippen LogP contribution >= 0.6 is 0 Å². The summed E-state index contributed by atoms with van der Waals surface area (Å²) in [4.78, 5) is 36.5. The van der Waals surface area contributed by atoms with E-state index in [0.29, 0.717) is 24.3 Å². The van der Waals surface area contributed by atoms with Gasteiger partial charge in [0.1, 0.15) is 13.2 Å². The fourth-order valence-corrected chi connectivity index (χ4v) is 1.78. The van der Waals surface area contributed by atoms with Crippen molar-refractivity contribution in [3.05, 3.63) is 84.6 Å². The van der Waals surface area contributed by atoms with Gasteiger partial charge in [0, 0.05) is 53.5 Å². The summed E-state index contributed by atoms with van der Waals surface area (Å²) >= 11 is 0. The van der Waals surface area contributed by atoms with E-state index in [0.717, 1.165) is 0 Å². The first-order valence-corrected chi connectivity index (χ1v) is 9.49. The standard InChI is InChI=1S/2C10H9O2.2C2H6O.Hf/c2*1-8(11)7-10(12)9-5-3-2-4-6-9;2*1-2-3;/h2*2-7H,1H3;2*3H,2H2,1H3;/q2*-1;;;/p+6. The summed E-state index contributed by atoms with van der Waals surface area (Å²) in [5.41, 5.74) is 1.40. The molecule has 8 N–H and O–H groups in total. The van der Waals surface area contributed by atoms with Crippen LogP contribution in [0.5, 0.6) is 0 Å². The van der Waals surface area contributed by atoms with Crippen LogP contribution in [0, 0.1) is 12.8 Å². The Morgan fingerprint density at radius 1 is 0.645 bits per heavy atom. The second kappa shape index (κ2) is 22.3. The van der Waals surface area contributed by atoms with Gasteiger partial charge in [-0.05, 0) is 12.8 Å². The molecular weight excluding hydrogens is 563 g/mol. The van der Waals surface area contributed by atoms with E-state index in [1.54, 1.807) is 38.1 Å². The summed E-state index contributed by atoms with van der Waals surface area (Å²) in [5.74, 6) is 0.346. The molecule has 2 rings (SSSR count). The Balaban J connectivity index is -0.000000394. The van der Waals surface area contributed by atoms with Gasteiger partial charge in [0.2, 0.25) is 23.1 Å². The first-order chi connectivity index (χ1) is 14.2. The number of rotatable bonds is 6. The van der Waals surface area contributed by atoms with Crippen molar-refractivity contribution >= 4 is 23.1 Å². The second-order valence-corrected chi connectivity index (χ2v) is 5.78. The van der Waals surface area contributed by atoms with E-state index in [1.165, 1.54) is 26.7 Å². The monoisotopic (exact) mass is 600 g/mol. The Bertz CT molecular complexity index is 680. The van der Waals surface area contributed by atoms with Gasteiger partial charge in [0.05, 0.1) is 0 Å². The van der Waals surface area contributed by atoms with Crippen LogP contribution in [0.25, 0.3) is 0 Å². The third-order valence-corrected chi connectivity index (χ3v) is 2.83. The van der Waals surface area contributed by atoms with Crippen molar-refractivity contribution in [1.82, 2.24) is 0 Å². The molecule has 31 heavy (non-hydrogen) atoms. The number of carbonyl (C=O) groups excluding carboxylic acids is 4. The van der Waals surface area contributed by atoms with Crippen LogP contribution in [0.15, 0.2) is 60.7 Å². The molecule has 0 aliphatic rings. The zero-order valence-electron chi connectivity index (χ0n) is 18.6. The minimum Gasteiger partial charge on any atom is -0.446 e. The number of hydrogen-bond acceptors (Lipinski definition) is 0. The molecule has 0 fully saturated rings. The molecule has 0 saturated heterocycles. The first kappa shape index (κ1) is 33.3. The van der Waals surface area contributed by atoms with E-state index in [-0.39, 0.29) is 49.0 Å². The molecule has 0 heterocycles. The van der Waals surface area contributed by atoms with Crippen LogP contribution in [-0.2, 0) is 25.8 Å². The summed E-state index contributed by atoms with van der Waals surface area (Å²) in [7, 11) is 0.